The van der Waals surface area contributed by atoms with Crippen molar-refractivity contribution >= 4 is 29.1 Å². The lowest BCUT2D eigenvalue weighted by Crippen LogP contribution is -2.34. The zero-order chi connectivity index (χ0) is 18.1. The molecule has 0 saturated carbocycles. The lowest BCUT2D eigenvalue weighted by Gasteiger charge is -2.23. The maximum Gasteiger partial charge on any atom is 0.265 e. The molecule has 25 heavy (non-hydrogen) atoms. The van der Waals surface area contributed by atoms with Gasteiger partial charge in [-0.05, 0) is 32.0 Å². The van der Waals surface area contributed by atoms with Crippen LogP contribution in [-0.2, 0) is 4.79 Å². The summed E-state index contributed by atoms with van der Waals surface area (Å²) in [5, 5.41) is 9.97. The molecule has 2 atom stereocenters. The van der Waals surface area contributed by atoms with Crippen molar-refractivity contribution in [3.05, 3.63) is 29.6 Å². The number of carbonyl (C=O) groups is 2. The van der Waals surface area contributed by atoms with E-state index in [1.54, 1.807) is 25.1 Å². The predicted molar refractivity (Wildman–Crippen MR) is 95.3 cm³/mol. The SMILES string of the molecule is CC1Oc2ccc(C(=O)C(C)Sc3n[nH]c(C(C)C)n3)cc2NC1=O. The summed E-state index contributed by atoms with van der Waals surface area (Å²) in [4.78, 5) is 28.8. The van der Waals surface area contributed by atoms with E-state index >= 15 is 0 Å². The monoisotopic (exact) mass is 360 g/mol. The summed E-state index contributed by atoms with van der Waals surface area (Å²) in [7, 11) is 0. The van der Waals surface area contributed by atoms with Gasteiger partial charge in [-0.1, -0.05) is 25.6 Å². The van der Waals surface area contributed by atoms with Crippen LogP contribution in [0.15, 0.2) is 23.4 Å². The number of aromatic nitrogens is 3. The fraction of sp³-hybridized carbons (Fsp3) is 0.412. The molecule has 2 heterocycles. The first-order chi connectivity index (χ1) is 11.8. The molecule has 2 aromatic rings. The third kappa shape index (κ3) is 3.68. The Morgan fingerprint density at radius 1 is 1.32 bits per heavy atom. The fourth-order valence-electron chi connectivity index (χ4n) is 2.38. The summed E-state index contributed by atoms with van der Waals surface area (Å²) >= 11 is 1.30. The number of nitrogens with one attached hydrogen (secondary N) is 2. The van der Waals surface area contributed by atoms with E-state index < -0.39 is 6.10 Å². The van der Waals surface area contributed by atoms with E-state index in [0.29, 0.717) is 22.2 Å². The highest BCUT2D eigenvalue weighted by Crippen LogP contribution is 2.32. The molecule has 1 amide bonds. The Balaban J connectivity index is 1.74. The summed E-state index contributed by atoms with van der Waals surface area (Å²) in [6, 6.07) is 5.07. The summed E-state index contributed by atoms with van der Waals surface area (Å²) in [6.45, 7) is 7.54. The van der Waals surface area contributed by atoms with Crippen LogP contribution in [0.25, 0.3) is 0 Å². The quantitative estimate of drug-likeness (QED) is 0.628. The number of amides is 1. The Morgan fingerprint density at radius 3 is 2.76 bits per heavy atom. The van der Waals surface area contributed by atoms with Crippen LogP contribution in [-0.4, -0.2) is 38.2 Å². The molecule has 0 bridgehead atoms. The van der Waals surface area contributed by atoms with Gasteiger partial charge in [0.2, 0.25) is 5.16 Å². The molecule has 3 rings (SSSR count). The third-order valence-electron chi connectivity index (χ3n) is 3.88. The first-order valence-electron chi connectivity index (χ1n) is 8.10. The Morgan fingerprint density at radius 2 is 2.08 bits per heavy atom. The zero-order valence-corrected chi connectivity index (χ0v) is 15.3. The first kappa shape index (κ1) is 17.5. The van der Waals surface area contributed by atoms with Crippen molar-refractivity contribution < 1.29 is 14.3 Å². The maximum absolute atomic E-state index is 12.7. The Hall–Kier alpha value is -2.35. The number of ether oxygens (including phenoxy) is 1. The van der Waals surface area contributed by atoms with Crippen molar-refractivity contribution in [1.82, 2.24) is 15.2 Å². The summed E-state index contributed by atoms with van der Waals surface area (Å²) in [5.74, 6) is 1.34. The Bertz CT molecular complexity index is 818. The van der Waals surface area contributed by atoms with E-state index in [9.17, 15) is 9.59 Å². The van der Waals surface area contributed by atoms with Crippen molar-refractivity contribution in [2.24, 2.45) is 0 Å². The van der Waals surface area contributed by atoms with E-state index in [1.165, 1.54) is 11.8 Å². The number of H-pyrrole nitrogens is 1. The van der Waals surface area contributed by atoms with Gasteiger partial charge in [-0.3, -0.25) is 14.7 Å². The van der Waals surface area contributed by atoms with Crippen LogP contribution in [0.2, 0.25) is 0 Å². The van der Waals surface area contributed by atoms with Gasteiger partial charge in [-0.25, -0.2) is 4.98 Å². The Labute approximate surface area is 149 Å². The number of benzene rings is 1. The normalized spacial score (nSPS) is 17.6. The van der Waals surface area contributed by atoms with Crippen LogP contribution >= 0.6 is 11.8 Å². The van der Waals surface area contributed by atoms with E-state index in [-0.39, 0.29) is 22.9 Å². The number of carbonyl (C=O) groups excluding carboxylic acids is 2. The summed E-state index contributed by atoms with van der Waals surface area (Å²) < 4.78 is 5.51. The topological polar surface area (TPSA) is 97.0 Å². The van der Waals surface area contributed by atoms with Gasteiger partial charge in [0.1, 0.15) is 11.6 Å². The average molecular weight is 360 g/mol. The second kappa shape index (κ2) is 6.87. The van der Waals surface area contributed by atoms with Gasteiger partial charge in [-0.2, -0.15) is 0 Å². The molecular weight excluding hydrogens is 340 g/mol. The largest absolute Gasteiger partial charge is 0.479 e. The zero-order valence-electron chi connectivity index (χ0n) is 14.5. The smallest absolute Gasteiger partial charge is 0.265 e. The maximum atomic E-state index is 12.7. The van der Waals surface area contributed by atoms with Crippen LogP contribution in [0, 0.1) is 0 Å². The molecule has 0 spiro atoms. The molecule has 7 nitrogen and oxygen atoms in total. The molecule has 2 unspecified atom stereocenters. The standard InChI is InChI=1S/C17H20N4O3S/c1-8(2)15-19-17(21-20-15)25-10(4)14(22)11-5-6-13-12(7-11)18-16(23)9(3)24-13/h5-10H,1-4H3,(H,18,23)(H,19,20,21). The third-order valence-corrected chi connectivity index (χ3v) is 4.84. The Kier molecular flexibility index (Phi) is 4.80. The lowest BCUT2D eigenvalue weighted by molar-refractivity contribution is -0.122. The second-order valence-corrected chi connectivity index (χ2v) is 7.55. The van der Waals surface area contributed by atoms with E-state index in [0.717, 1.165) is 5.82 Å². The van der Waals surface area contributed by atoms with Crippen LogP contribution in [0.5, 0.6) is 5.75 Å². The van der Waals surface area contributed by atoms with Gasteiger partial charge >= 0.3 is 0 Å². The molecule has 0 aliphatic carbocycles. The number of hydrogen-bond acceptors (Lipinski definition) is 6. The van der Waals surface area contributed by atoms with E-state index in [2.05, 4.69) is 20.5 Å². The van der Waals surface area contributed by atoms with Crippen LogP contribution in [0.3, 0.4) is 0 Å². The van der Waals surface area contributed by atoms with E-state index in [4.69, 9.17) is 4.74 Å². The molecule has 132 valence electrons. The van der Waals surface area contributed by atoms with Gasteiger partial charge in [0.15, 0.2) is 11.9 Å². The van der Waals surface area contributed by atoms with Crippen molar-refractivity contribution in [2.75, 3.05) is 5.32 Å². The van der Waals surface area contributed by atoms with Crippen molar-refractivity contribution in [1.29, 1.82) is 0 Å². The molecule has 0 saturated heterocycles. The molecule has 1 aromatic heterocycles. The number of rotatable bonds is 5. The number of nitrogens with zero attached hydrogens (tertiary/aromatic N) is 2. The van der Waals surface area contributed by atoms with Gasteiger partial charge in [-0.15, -0.1) is 5.10 Å². The average Bonchev–Trinajstić information content (AvgIpc) is 3.03. The highest BCUT2D eigenvalue weighted by molar-refractivity contribution is 8.00. The van der Waals surface area contributed by atoms with Crippen LogP contribution in [0.4, 0.5) is 5.69 Å². The van der Waals surface area contributed by atoms with Gasteiger partial charge in [0.25, 0.3) is 5.91 Å². The highest BCUT2D eigenvalue weighted by atomic mass is 32.2. The number of Topliss-reactive ketones (excluding diaryl/α,β-unsaturated/α-hetero) is 1. The summed E-state index contributed by atoms with van der Waals surface area (Å²) in [5.41, 5.74) is 1.03. The van der Waals surface area contributed by atoms with Crippen LogP contribution < -0.4 is 10.1 Å². The molecule has 0 fully saturated rings. The van der Waals surface area contributed by atoms with Gasteiger partial charge < -0.3 is 10.1 Å². The number of ketones is 1. The molecule has 0 radical (unpaired) electrons. The summed E-state index contributed by atoms with van der Waals surface area (Å²) in [6.07, 6.45) is -0.538. The molecule has 2 N–H and O–H groups in total. The number of thioether (sulfide) groups is 1. The fourth-order valence-corrected chi connectivity index (χ4v) is 3.19. The lowest BCUT2D eigenvalue weighted by atomic mass is 10.1. The van der Waals surface area contributed by atoms with Crippen molar-refractivity contribution in [3.8, 4) is 5.75 Å². The van der Waals surface area contributed by atoms with Crippen molar-refractivity contribution in [2.45, 2.75) is 50.1 Å². The minimum atomic E-state index is -0.538. The minimum absolute atomic E-state index is 0.0587. The number of fused-ring (bicyclic) bond motifs is 1. The number of hydrogen-bond donors (Lipinski definition) is 2. The molecule has 1 aromatic carbocycles. The van der Waals surface area contributed by atoms with Gasteiger partial charge in [0, 0.05) is 11.5 Å². The van der Waals surface area contributed by atoms with Gasteiger partial charge in [0.05, 0.1) is 10.9 Å². The molecule has 1 aliphatic heterocycles. The number of aromatic amines is 1. The van der Waals surface area contributed by atoms with Crippen LogP contribution in [0.1, 0.15) is 49.8 Å². The molecule has 8 heteroatoms. The predicted octanol–water partition coefficient (Wildman–Crippen LogP) is 3.01. The number of anilines is 1. The highest BCUT2D eigenvalue weighted by Gasteiger charge is 2.26. The minimum Gasteiger partial charge on any atom is -0.479 e. The first-order valence-corrected chi connectivity index (χ1v) is 8.98. The second-order valence-electron chi connectivity index (χ2n) is 6.24. The van der Waals surface area contributed by atoms with E-state index in [1.807, 2.05) is 20.8 Å². The van der Waals surface area contributed by atoms with Crippen molar-refractivity contribution in [3.63, 3.8) is 0 Å². The molecular formula is C17H20N4O3S. The molecule has 1 aliphatic rings.